The number of hydrogen-bond donors (Lipinski definition) is 2. The van der Waals surface area contributed by atoms with E-state index < -0.39 is 5.91 Å². The first-order chi connectivity index (χ1) is 8.58. The molecule has 0 aliphatic rings. The zero-order valence-electron chi connectivity index (χ0n) is 10.2. The number of nitrogens with one attached hydrogen (secondary N) is 2. The third-order valence-electron chi connectivity index (χ3n) is 2.47. The SMILES string of the molecule is CC(C)C(=O)NNC(=O)c1cc2ccccc2o1. The van der Waals surface area contributed by atoms with Crippen LogP contribution < -0.4 is 10.9 Å². The van der Waals surface area contributed by atoms with Gasteiger partial charge in [-0.05, 0) is 12.1 Å². The summed E-state index contributed by atoms with van der Waals surface area (Å²) in [6, 6.07) is 8.95. The third kappa shape index (κ3) is 2.51. The quantitative estimate of drug-likeness (QED) is 0.794. The molecule has 0 unspecified atom stereocenters. The van der Waals surface area contributed by atoms with E-state index in [2.05, 4.69) is 10.9 Å². The fourth-order valence-electron chi connectivity index (χ4n) is 1.42. The maximum Gasteiger partial charge on any atom is 0.305 e. The van der Waals surface area contributed by atoms with E-state index in [1.54, 1.807) is 26.0 Å². The van der Waals surface area contributed by atoms with E-state index in [1.807, 2.05) is 18.2 Å². The van der Waals surface area contributed by atoms with Gasteiger partial charge in [0.2, 0.25) is 5.91 Å². The van der Waals surface area contributed by atoms with E-state index in [1.165, 1.54) is 0 Å². The second kappa shape index (κ2) is 4.91. The van der Waals surface area contributed by atoms with Crippen LogP contribution in [0.15, 0.2) is 34.7 Å². The Kier molecular flexibility index (Phi) is 3.32. The molecule has 1 heterocycles. The molecular weight excluding hydrogens is 232 g/mol. The van der Waals surface area contributed by atoms with E-state index in [4.69, 9.17) is 4.42 Å². The number of fused-ring (bicyclic) bond motifs is 1. The van der Waals surface area contributed by atoms with Crippen LogP contribution in [-0.4, -0.2) is 11.8 Å². The second-order valence-electron chi connectivity index (χ2n) is 4.25. The summed E-state index contributed by atoms with van der Waals surface area (Å²) in [5, 5.41) is 0.845. The zero-order chi connectivity index (χ0) is 13.1. The largest absolute Gasteiger partial charge is 0.451 e. The molecule has 18 heavy (non-hydrogen) atoms. The van der Waals surface area contributed by atoms with Crippen molar-refractivity contribution >= 4 is 22.8 Å². The van der Waals surface area contributed by atoms with Crippen LogP contribution in [0.1, 0.15) is 24.4 Å². The van der Waals surface area contributed by atoms with Crippen LogP contribution in [0.5, 0.6) is 0 Å². The van der Waals surface area contributed by atoms with Crippen LogP contribution in [0.4, 0.5) is 0 Å². The van der Waals surface area contributed by atoms with E-state index in [9.17, 15) is 9.59 Å². The van der Waals surface area contributed by atoms with Crippen LogP contribution in [0, 0.1) is 5.92 Å². The first-order valence-corrected chi connectivity index (χ1v) is 5.66. The average Bonchev–Trinajstić information content (AvgIpc) is 2.79. The number of hydrogen-bond acceptors (Lipinski definition) is 3. The molecule has 0 spiro atoms. The van der Waals surface area contributed by atoms with Crippen LogP contribution in [0.25, 0.3) is 11.0 Å². The van der Waals surface area contributed by atoms with E-state index in [-0.39, 0.29) is 17.6 Å². The number of amides is 2. The Labute approximate surface area is 104 Å². The minimum atomic E-state index is -0.472. The summed E-state index contributed by atoms with van der Waals surface area (Å²) in [5.41, 5.74) is 5.27. The predicted molar refractivity (Wildman–Crippen MR) is 66.7 cm³/mol. The van der Waals surface area contributed by atoms with Crippen molar-refractivity contribution in [3.8, 4) is 0 Å². The van der Waals surface area contributed by atoms with Gasteiger partial charge in [-0.2, -0.15) is 0 Å². The Hall–Kier alpha value is -2.30. The van der Waals surface area contributed by atoms with Crippen molar-refractivity contribution < 1.29 is 14.0 Å². The van der Waals surface area contributed by atoms with Gasteiger partial charge >= 0.3 is 5.91 Å². The van der Waals surface area contributed by atoms with Crippen molar-refractivity contribution in [3.63, 3.8) is 0 Å². The lowest BCUT2D eigenvalue weighted by Crippen LogP contribution is -2.43. The van der Waals surface area contributed by atoms with Crippen LogP contribution >= 0.6 is 0 Å². The molecule has 0 aliphatic heterocycles. The number of hydrazine groups is 1. The van der Waals surface area contributed by atoms with Gasteiger partial charge < -0.3 is 4.42 Å². The maximum absolute atomic E-state index is 11.7. The molecular formula is C13H14N2O3. The molecule has 94 valence electrons. The average molecular weight is 246 g/mol. The number of furan rings is 1. The van der Waals surface area contributed by atoms with Gasteiger partial charge in [-0.3, -0.25) is 20.4 Å². The van der Waals surface area contributed by atoms with Crippen molar-refractivity contribution in [3.05, 3.63) is 36.1 Å². The molecule has 2 rings (SSSR count). The van der Waals surface area contributed by atoms with Crippen LogP contribution in [0.3, 0.4) is 0 Å². The summed E-state index contributed by atoms with van der Waals surface area (Å²) in [6.07, 6.45) is 0. The van der Waals surface area contributed by atoms with Crippen molar-refractivity contribution in [2.24, 2.45) is 5.92 Å². The molecule has 1 aromatic carbocycles. The standard InChI is InChI=1S/C13H14N2O3/c1-8(2)12(16)14-15-13(17)11-7-9-5-3-4-6-10(9)18-11/h3-8H,1-2H3,(H,14,16)(H,15,17). The Balaban J connectivity index is 2.07. The van der Waals surface area contributed by atoms with Gasteiger partial charge in [0.25, 0.3) is 0 Å². The summed E-state index contributed by atoms with van der Waals surface area (Å²) in [4.78, 5) is 23.0. The van der Waals surface area contributed by atoms with Gasteiger partial charge in [-0.25, -0.2) is 0 Å². The molecule has 0 radical (unpaired) electrons. The summed E-state index contributed by atoms with van der Waals surface area (Å²) in [5.74, 6) is -0.749. The lowest BCUT2D eigenvalue weighted by Gasteiger charge is -2.07. The number of rotatable bonds is 2. The van der Waals surface area contributed by atoms with Gasteiger partial charge in [-0.15, -0.1) is 0 Å². The second-order valence-corrected chi connectivity index (χ2v) is 4.25. The Morgan fingerprint density at radius 3 is 2.56 bits per heavy atom. The number of carbonyl (C=O) groups is 2. The first-order valence-electron chi connectivity index (χ1n) is 5.66. The smallest absolute Gasteiger partial charge is 0.305 e. The lowest BCUT2D eigenvalue weighted by molar-refractivity contribution is -0.124. The summed E-state index contributed by atoms with van der Waals surface area (Å²) >= 11 is 0. The molecule has 0 bridgehead atoms. The van der Waals surface area contributed by atoms with Crippen molar-refractivity contribution in [2.45, 2.75) is 13.8 Å². The molecule has 0 aliphatic carbocycles. The minimum Gasteiger partial charge on any atom is -0.451 e. The molecule has 2 N–H and O–H groups in total. The first kappa shape index (κ1) is 12.2. The highest BCUT2D eigenvalue weighted by molar-refractivity contribution is 5.97. The Morgan fingerprint density at radius 2 is 1.89 bits per heavy atom. The van der Waals surface area contributed by atoms with Crippen molar-refractivity contribution in [1.29, 1.82) is 0 Å². The highest BCUT2D eigenvalue weighted by Crippen LogP contribution is 2.18. The fraction of sp³-hybridized carbons (Fsp3) is 0.231. The van der Waals surface area contributed by atoms with Gasteiger partial charge in [0.1, 0.15) is 5.58 Å². The van der Waals surface area contributed by atoms with Gasteiger partial charge in [0.15, 0.2) is 5.76 Å². The fourth-order valence-corrected chi connectivity index (χ4v) is 1.42. The van der Waals surface area contributed by atoms with Gasteiger partial charge in [-0.1, -0.05) is 32.0 Å². The molecule has 0 fully saturated rings. The number of benzene rings is 1. The monoisotopic (exact) mass is 246 g/mol. The van der Waals surface area contributed by atoms with Gasteiger partial charge in [0.05, 0.1) is 0 Å². The molecule has 1 aromatic heterocycles. The van der Waals surface area contributed by atoms with E-state index in [0.717, 1.165) is 5.39 Å². The van der Waals surface area contributed by atoms with Crippen molar-refractivity contribution in [1.82, 2.24) is 10.9 Å². The Bertz CT molecular complexity index is 554. The van der Waals surface area contributed by atoms with Gasteiger partial charge in [0, 0.05) is 11.3 Å². The summed E-state index contributed by atoms with van der Waals surface area (Å²) in [6.45, 7) is 3.48. The Morgan fingerprint density at radius 1 is 1.17 bits per heavy atom. The molecule has 5 nitrogen and oxygen atoms in total. The topological polar surface area (TPSA) is 71.3 Å². The molecule has 0 atom stereocenters. The zero-order valence-corrected chi connectivity index (χ0v) is 10.2. The highest BCUT2D eigenvalue weighted by Gasteiger charge is 2.13. The van der Waals surface area contributed by atoms with Crippen molar-refractivity contribution in [2.75, 3.05) is 0 Å². The minimum absolute atomic E-state index is 0.167. The lowest BCUT2D eigenvalue weighted by atomic mass is 10.2. The number of carbonyl (C=O) groups excluding carboxylic acids is 2. The molecule has 0 saturated carbocycles. The van der Waals surface area contributed by atoms with Crippen LogP contribution in [0.2, 0.25) is 0 Å². The van der Waals surface area contributed by atoms with E-state index in [0.29, 0.717) is 5.58 Å². The summed E-state index contributed by atoms with van der Waals surface area (Å²) in [7, 11) is 0. The van der Waals surface area contributed by atoms with E-state index >= 15 is 0 Å². The third-order valence-corrected chi connectivity index (χ3v) is 2.47. The molecule has 0 saturated heterocycles. The summed E-state index contributed by atoms with van der Waals surface area (Å²) < 4.78 is 5.36. The van der Waals surface area contributed by atoms with Crippen LogP contribution in [-0.2, 0) is 4.79 Å². The highest BCUT2D eigenvalue weighted by atomic mass is 16.3. The molecule has 2 aromatic rings. The normalized spacial score (nSPS) is 10.6. The predicted octanol–water partition coefficient (Wildman–Crippen LogP) is 1.85. The molecule has 2 amide bonds. The number of para-hydroxylation sites is 1. The molecule has 5 heteroatoms. The maximum atomic E-state index is 11.7.